The van der Waals surface area contributed by atoms with Gasteiger partial charge in [-0.25, -0.2) is 4.68 Å². The molecular formula is C14H21N5O. The molecule has 0 saturated carbocycles. The standard InChI is InChI=1S/C14H21N5O/c1-12(2)19-14(15-16-17-19)11-18(9-6-10-20)13-7-4-3-5-8-13/h3-5,7-8,12,20H,6,9-11H2,1-2H3. The summed E-state index contributed by atoms with van der Waals surface area (Å²) in [4.78, 5) is 2.18. The number of hydrogen-bond donors (Lipinski definition) is 1. The van der Waals surface area contributed by atoms with E-state index in [1.54, 1.807) is 0 Å². The summed E-state index contributed by atoms with van der Waals surface area (Å²) in [5, 5.41) is 20.9. The molecule has 1 aromatic carbocycles. The number of aliphatic hydroxyl groups is 1. The Balaban J connectivity index is 2.17. The van der Waals surface area contributed by atoms with Crippen LogP contribution in [0.25, 0.3) is 0 Å². The van der Waals surface area contributed by atoms with Crippen LogP contribution in [0.3, 0.4) is 0 Å². The topological polar surface area (TPSA) is 67.1 Å². The van der Waals surface area contributed by atoms with E-state index in [0.29, 0.717) is 6.54 Å². The summed E-state index contributed by atoms with van der Waals surface area (Å²) >= 11 is 0. The van der Waals surface area contributed by atoms with Gasteiger partial charge in [-0.05, 0) is 42.8 Å². The zero-order chi connectivity index (χ0) is 14.4. The van der Waals surface area contributed by atoms with Gasteiger partial charge >= 0.3 is 0 Å². The molecule has 1 aromatic heterocycles. The van der Waals surface area contributed by atoms with Crippen molar-refractivity contribution in [3.05, 3.63) is 36.2 Å². The third-order valence-electron chi connectivity index (χ3n) is 3.09. The van der Waals surface area contributed by atoms with Gasteiger partial charge in [-0.3, -0.25) is 0 Å². The zero-order valence-corrected chi connectivity index (χ0v) is 12.0. The fraction of sp³-hybridized carbons (Fsp3) is 0.500. The van der Waals surface area contributed by atoms with Crippen LogP contribution in [0.5, 0.6) is 0 Å². The van der Waals surface area contributed by atoms with E-state index in [-0.39, 0.29) is 12.6 Å². The number of benzene rings is 1. The molecule has 0 amide bonds. The minimum atomic E-state index is 0.179. The first-order chi connectivity index (χ1) is 9.72. The highest BCUT2D eigenvalue weighted by molar-refractivity contribution is 5.45. The van der Waals surface area contributed by atoms with Crippen molar-refractivity contribution in [2.75, 3.05) is 18.1 Å². The van der Waals surface area contributed by atoms with Crippen LogP contribution in [0, 0.1) is 0 Å². The quantitative estimate of drug-likeness (QED) is 0.832. The Hall–Kier alpha value is -1.95. The molecule has 20 heavy (non-hydrogen) atoms. The van der Waals surface area contributed by atoms with E-state index in [9.17, 15) is 0 Å². The molecule has 108 valence electrons. The number of nitrogens with zero attached hydrogens (tertiary/aromatic N) is 5. The van der Waals surface area contributed by atoms with Crippen LogP contribution in [0.1, 0.15) is 32.1 Å². The van der Waals surface area contributed by atoms with Gasteiger partial charge < -0.3 is 10.0 Å². The second-order valence-electron chi connectivity index (χ2n) is 4.97. The molecule has 2 aromatic rings. The Morgan fingerprint density at radius 3 is 2.65 bits per heavy atom. The van der Waals surface area contributed by atoms with Crippen molar-refractivity contribution < 1.29 is 5.11 Å². The molecule has 0 fully saturated rings. The second kappa shape index (κ2) is 7.00. The van der Waals surface area contributed by atoms with Crippen LogP contribution >= 0.6 is 0 Å². The molecule has 0 aliphatic rings. The van der Waals surface area contributed by atoms with Crippen LogP contribution in [0.4, 0.5) is 5.69 Å². The molecular weight excluding hydrogens is 254 g/mol. The lowest BCUT2D eigenvalue weighted by Crippen LogP contribution is -2.27. The van der Waals surface area contributed by atoms with Crippen molar-refractivity contribution in [2.24, 2.45) is 0 Å². The molecule has 0 aliphatic carbocycles. The summed E-state index contributed by atoms with van der Waals surface area (Å²) in [6.45, 7) is 5.69. The largest absolute Gasteiger partial charge is 0.396 e. The molecule has 0 bridgehead atoms. The number of anilines is 1. The Kier molecular flexibility index (Phi) is 5.06. The van der Waals surface area contributed by atoms with Gasteiger partial charge in [-0.2, -0.15) is 0 Å². The maximum atomic E-state index is 9.06. The van der Waals surface area contributed by atoms with Gasteiger partial charge in [0, 0.05) is 18.8 Å². The van der Waals surface area contributed by atoms with E-state index in [1.807, 2.05) is 22.9 Å². The number of aromatic nitrogens is 4. The van der Waals surface area contributed by atoms with Crippen LogP contribution in [-0.4, -0.2) is 38.5 Å². The molecule has 0 unspecified atom stereocenters. The number of aliphatic hydroxyl groups excluding tert-OH is 1. The SMILES string of the molecule is CC(C)n1nnnc1CN(CCCO)c1ccccc1. The number of hydrogen-bond acceptors (Lipinski definition) is 5. The highest BCUT2D eigenvalue weighted by Crippen LogP contribution is 2.17. The summed E-state index contributed by atoms with van der Waals surface area (Å²) in [7, 11) is 0. The van der Waals surface area contributed by atoms with Crippen molar-refractivity contribution >= 4 is 5.69 Å². The molecule has 0 saturated heterocycles. The Labute approximate surface area is 119 Å². The zero-order valence-electron chi connectivity index (χ0n) is 12.0. The average Bonchev–Trinajstić information content (AvgIpc) is 2.92. The van der Waals surface area contributed by atoms with Crippen molar-refractivity contribution in [1.82, 2.24) is 20.2 Å². The Morgan fingerprint density at radius 2 is 2.00 bits per heavy atom. The summed E-state index contributed by atoms with van der Waals surface area (Å²) in [5.41, 5.74) is 1.11. The van der Waals surface area contributed by atoms with Gasteiger partial charge in [-0.1, -0.05) is 18.2 Å². The number of para-hydroxylation sites is 1. The van der Waals surface area contributed by atoms with E-state index >= 15 is 0 Å². The minimum absolute atomic E-state index is 0.179. The van der Waals surface area contributed by atoms with Crippen LogP contribution in [0.15, 0.2) is 30.3 Å². The van der Waals surface area contributed by atoms with Crippen molar-refractivity contribution in [3.8, 4) is 0 Å². The molecule has 0 atom stereocenters. The number of rotatable bonds is 7. The summed E-state index contributed by atoms with van der Waals surface area (Å²) in [6, 6.07) is 10.4. The maximum absolute atomic E-state index is 9.06. The van der Waals surface area contributed by atoms with Crippen molar-refractivity contribution in [2.45, 2.75) is 32.9 Å². The first-order valence-corrected chi connectivity index (χ1v) is 6.90. The van der Waals surface area contributed by atoms with E-state index < -0.39 is 0 Å². The van der Waals surface area contributed by atoms with Gasteiger partial charge in [0.15, 0.2) is 5.82 Å². The first kappa shape index (κ1) is 14.5. The molecule has 1 N–H and O–H groups in total. The van der Waals surface area contributed by atoms with E-state index in [1.165, 1.54) is 0 Å². The highest BCUT2D eigenvalue weighted by Gasteiger charge is 2.14. The Morgan fingerprint density at radius 1 is 1.25 bits per heavy atom. The molecule has 1 heterocycles. The third-order valence-corrected chi connectivity index (χ3v) is 3.09. The van der Waals surface area contributed by atoms with E-state index in [2.05, 4.69) is 46.4 Å². The van der Waals surface area contributed by atoms with Crippen molar-refractivity contribution in [1.29, 1.82) is 0 Å². The van der Waals surface area contributed by atoms with Gasteiger partial charge in [0.2, 0.25) is 0 Å². The predicted octanol–water partition coefficient (Wildman–Crippen LogP) is 1.64. The lowest BCUT2D eigenvalue weighted by atomic mass is 10.2. The lowest BCUT2D eigenvalue weighted by Gasteiger charge is -2.24. The fourth-order valence-electron chi connectivity index (χ4n) is 2.09. The van der Waals surface area contributed by atoms with E-state index in [4.69, 9.17) is 5.11 Å². The summed E-state index contributed by atoms with van der Waals surface area (Å²) in [5.74, 6) is 0.835. The molecule has 0 aliphatic heterocycles. The van der Waals surface area contributed by atoms with E-state index in [0.717, 1.165) is 24.5 Å². The van der Waals surface area contributed by atoms with Gasteiger partial charge in [0.1, 0.15) is 0 Å². The maximum Gasteiger partial charge on any atom is 0.170 e. The lowest BCUT2D eigenvalue weighted by molar-refractivity contribution is 0.289. The van der Waals surface area contributed by atoms with Gasteiger partial charge in [-0.15, -0.1) is 5.10 Å². The predicted molar refractivity (Wildman–Crippen MR) is 77.4 cm³/mol. The molecule has 6 heteroatoms. The monoisotopic (exact) mass is 275 g/mol. The minimum Gasteiger partial charge on any atom is -0.396 e. The second-order valence-corrected chi connectivity index (χ2v) is 4.97. The van der Waals surface area contributed by atoms with Crippen LogP contribution in [0.2, 0.25) is 0 Å². The highest BCUT2D eigenvalue weighted by atomic mass is 16.3. The van der Waals surface area contributed by atoms with Crippen molar-refractivity contribution in [3.63, 3.8) is 0 Å². The molecule has 2 rings (SSSR count). The van der Waals surface area contributed by atoms with Crippen LogP contribution in [-0.2, 0) is 6.54 Å². The average molecular weight is 275 g/mol. The first-order valence-electron chi connectivity index (χ1n) is 6.90. The van der Waals surface area contributed by atoms with Gasteiger partial charge in [0.25, 0.3) is 0 Å². The number of tetrazole rings is 1. The fourth-order valence-corrected chi connectivity index (χ4v) is 2.09. The molecule has 0 radical (unpaired) electrons. The smallest absolute Gasteiger partial charge is 0.170 e. The molecule has 6 nitrogen and oxygen atoms in total. The third kappa shape index (κ3) is 3.54. The summed E-state index contributed by atoms with van der Waals surface area (Å²) in [6.07, 6.45) is 0.720. The van der Waals surface area contributed by atoms with Gasteiger partial charge in [0.05, 0.1) is 12.6 Å². The normalized spacial score (nSPS) is 11.0. The summed E-state index contributed by atoms with van der Waals surface area (Å²) < 4.78 is 1.83. The Bertz CT molecular complexity index is 511. The molecule has 0 spiro atoms. The van der Waals surface area contributed by atoms with Crippen LogP contribution < -0.4 is 4.90 Å².